The summed E-state index contributed by atoms with van der Waals surface area (Å²) in [6.45, 7) is 0.394. The van der Waals surface area contributed by atoms with Crippen LogP contribution in [0.2, 0.25) is 0 Å². The lowest BCUT2D eigenvalue weighted by molar-refractivity contribution is 0.599. The van der Waals surface area contributed by atoms with Gasteiger partial charge in [0.05, 0.1) is 39.3 Å². The molecule has 0 saturated carbocycles. The zero-order valence-electron chi connectivity index (χ0n) is 17.8. The standard InChI is InChI=1S/C22H21N3O5S3/c1-24(32(2,27)28)18-10-6-9-17(13-18)23-33(29,30)19-11-12-20-21(14-19)31-22(26)25(20)15-16-7-4-3-5-8-16/h3-14,23H,15H2,1-2H3. The third kappa shape index (κ3) is 4.95. The van der Waals surface area contributed by atoms with E-state index in [-0.39, 0.29) is 15.5 Å². The minimum atomic E-state index is -3.97. The molecule has 172 valence electrons. The number of hydrogen-bond acceptors (Lipinski definition) is 6. The second-order valence-electron chi connectivity index (χ2n) is 7.46. The van der Waals surface area contributed by atoms with E-state index in [0.717, 1.165) is 27.5 Å². The topological polar surface area (TPSA) is 106 Å². The maximum absolute atomic E-state index is 13.0. The van der Waals surface area contributed by atoms with E-state index in [1.54, 1.807) is 22.8 Å². The van der Waals surface area contributed by atoms with E-state index in [2.05, 4.69) is 4.72 Å². The van der Waals surface area contributed by atoms with Gasteiger partial charge in [0.1, 0.15) is 0 Å². The Morgan fingerprint density at radius 3 is 2.36 bits per heavy atom. The first-order valence-corrected chi connectivity index (χ1v) is 13.9. The smallest absolute Gasteiger partial charge is 0.294 e. The second kappa shape index (κ2) is 8.65. The summed E-state index contributed by atoms with van der Waals surface area (Å²) in [6.07, 6.45) is 1.06. The van der Waals surface area contributed by atoms with Gasteiger partial charge >= 0.3 is 4.87 Å². The van der Waals surface area contributed by atoms with Crippen molar-refractivity contribution < 1.29 is 16.8 Å². The molecule has 0 unspecified atom stereocenters. The van der Waals surface area contributed by atoms with Crippen LogP contribution in [-0.4, -0.2) is 34.7 Å². The van der Waals surface area contributed by atoms with Crippen LogP contribution < -0.4 is 13.9 Å². The summed E-state index contributed by atoms with van der Waals surface area (Å²) < 4.78 is 55.2. The zero-order valence-corrected chi connectivity index (χ0v) is 20.2. The first-order valence-electron chi connectivity index (χ1n) is 9.79. The van der Waals surface area contributed by atoms with Gasteiger partial charge in [-0.05, 0) is 42.0 Å². The molecule has 4 aromatic rings. The van der Waals surface area contributed by atoms with Gasteiger partial charge in [0.25, 0.3) is 10.0 Å². The predicted molar refractivity (Wildman–Crippen MR) is 132 cm³/mol. The summed E-state index contributed by atoms with van der Waals surface area (Å²) in [5, 5.41) is 0. The van der Waals surface area contributed by atoms with Crippen molar-refractivity contribution in [2.75, 3.05) is 22.3 Å². The van der Waals surface area contributed by atoms with Crippen molar-refractivity contribution in [2.24, 2.45) is 0 Å². The molecule has 4 rings (SSSR count). The summed E-state index contributed by atoms with van der Waals surface area (Å²) in [5.74, 6) is 0. The molecule has 1 aromatic heterocycles. The number of fused-ring (bicyclic) bond motifs is 1. The second-order valence-corrected chi connectivity index (χ2v) is 12.1. The molecule has 33 heavy (non-hydrogen) atoms. The fourth-order valence-electron chi connectivity index (χ4n) is 3.30. The molecule has 0 aliphatic heterocycles. The van der Waals surface area contributed by atoms with Gasteiger partial charge in [-0.15, -0.1) is 0 Å². The summed E-state index contributed by atoms with van der Waals surface area (Å²) in [7, 11) is -6.07. The van der Waals surface area contributed by atoms with E-state index >= 15 is 0 Å². The minimum Gasteiger partial charge on any atom is -0.294 e. The number of rotatable bonds is 7. The Hall–Kier alpha value is -3.15. The molecule has 0 amide bonds. The van der Waals surface area contributed by atoms with Gasteiger partial charge < -0.3 is 0 Å². The molecule has 0 aliphatic rings. The lowest BCUT2D eigenvalue weighted by Gasteiger charge is -2.17. The number of nitrogens with one attached hydrogen (secondary N) is 1. The first-order chi connectivity index (χ1) is 15.5. The largest absolute Gasteiger partial charge is 0.308 e. The van der Waals surface area contributed by atoms with E-state index in [4.69, 9.17) is 0 Å². The highest BCUT2D eigenvalue weighted by Gasteiger charge is 2.19. The molecule has 3 aromatic carbocycles. The number of benzene rings is 3. The highest BCUT2D eigenvalue weighted by atomic mass is 32.2. The Bertz CT molecular complexity index is 1590. The van der Waals surface area contributed by atoms with Crippen LogP contribution in [-0.2, 0) is 26.6 Å². The molecule has 0 radical (unpaired) electrons. The van der Waals surface area contributed by atoms with Crippen LogP contribution in [0.5, 0.6) is 0 Å². The number of sulfonamides is 2. The van der Waals surface area contributed by atoms with Gasteiger partial charge in [0, 0.05) is 7.05 Å². The maximum atomic E-state index is 13.0. The average Bonchev–Trinajstić information content (AvgIpc) is 3.07. The summed E-state index contributed by atoms with van der Waals surface area (Å²) >= 11 is 0.985. The summed E-state index contributed by atoms with van der Waals surface area (Å²) in [5.41, 5.74) is 2.17. The van der Waals surface area contributed by atoms with Crippen molar-refractivity contribution in [3.63, 3.8) is 0 Å². The number of hydrogen-bond donors (Lipinski definition) is 1. The van der Waals surface area contributed by atoms with Crippen molar-refractivity contribution >= 4 is 53.0 Å². The number of aromatic nitrogens is 1. The number of anilines is 2. The van der Waals surface area contributed by atoms with E-state index in [1.807, 2.05) is 30.3 Å². The SMILES string of the molecule is CN(c1cccc(NS(=O)(=O)c2ccc3c(c2)sc(=O)n3Cc2ccccc2)c1)S(C)(=O)=O. The minimum absolute atomic E-state index is 0.00461. The molecular weight excluding hydrogens is 482 g/mol. The fraction of sp³-hybridized carbons (Fsp3) is 0.136. The van der Waals surface area contributed by atoms with Crippen molar-refractivity contribution in [1.29, 1.82) is 0 Å². The van der Waals surface area contributed by atoms with Gasteiger partial charge in [-0.2, -0.15) is 0 Å². The molecule has 0 saturated heterocycles. The van der Waals surface area contributed by atoms with Gasteiger partial charge in [0.2, 0.25) is 10.0 Å². The van der Waals surface area contributed by atoms with Crippen LogP contribution in [0.3, 0.4) is 0 Å². The number of thiazole rings is 1. The van der Waals surface area contributed by atoms with E-state index in [9.17, 15) is 21.6 Å². The average molecular weight is 504 g/mol. The summed E-state index contributed by atoms with van der Waals surface area (Å²) in [6, 6.07) is 20.2. The van der Waals surface area contributed by atoms with Gasteiger partial charge in [-0.3, -0.25) is 18.4 Å². The Morgan fingerprint density at radius 1 is 0.939 bits per heavy atom. The molecule has 11 heteroatoms. The predicted octanol–water partition coefficient (Wildman–Crippen LogP) is 3.31. The van der Waals surface area contributed by atoms with Crippen molar-refractivity contribution in [3.05, 3.63) is 88.0 Å². The Balaban J connectivity index is 1.64. The molecule has 1 N–H and O–H groups in total. The van der Waals surface area contributed by atoms with Crippen molar-refractivity contribution in [1.82, 2.24) is 4.57 Å². The maximum Gasteiger partial charge on any atom is 0.308 e. The van der Waals surface area contributed by atoms with Crippen LogP contribution in [0, 0.1) is 0 Å². The third-order valence-corrected chi connectivity index (χ3v) is 8.62. The molecule has 8 nitrogen and oxygen atoms in total. The third-order valence-electron chi connectivity index (χ3n) is 5.09. The first kappa shape index (κ1) is 23.0. The monoisotopic (exact) mass is 503 g/mol. The lowest BCUT2D eigenvalue weighted by atomic mass is 10.2. The van der Waals surface area contributed by atoms with Gasteiger partial charge in [-0.25, -0.2) is 16.8 Å². The Kier molecular flexibility index (Phi) is 6.04. The molecule has 0 atom stereocenters. The summed E-state index contributed by atoms with van der Waals surface area (Å²) in [4.78, 5) is 12.4. The van der Waals surface area contributed by atoms with Crippen LogP contribution in [0.4, 0.5) is 11.4 Å². The Labute approximate surface area is 195 Å². The van der Waals surface area contributed by atoms with Crippen LogP contribution >= 0.6 is 11.3 Å². The van der Waals surface area contributed by atoms with Crippen molar-refractivity contribution in [2.45, 2.75) is 11.4 Å². The van der Waals surface area contributed by atoms with Crippen LogP contribution in [0.15, 0.2) is 82.5 Å². The lowest BCUT2D eigenvalue weighted by Crippen LogP contribution is -2.24. The normalized spacial score (nSPS) is 12.1. The van der Waals surface area contributed by atoms with Gasteiger partial charge in [-0.1, -0.05) is 47.7 Å². The number of nitrogens with zero attached hydrogens (tertiary/aromatic N) is 2. The zero-order chi connectivity index (χ0) is 23.8. The van der Waals surface area contributed by atoms with Crippen LogP contribution in [0.1, 0.15) is 5.56 Å². The quantitative estimate of drug-likeness (QED) is 0.417. The van der Waals surface area contributed by atoms with Crippen molar-refractivity contribution in [3.8, 4) is 0 Å². The van der Waals surface area contributed by atoms with E-state index < -0.39 is 20.0 Å². The highest BCUT2D eigenvalue weighted by molar-refractivity contribution is 7.92. The molecule has 0 spiro atoms. The molecule has 0 aliphatic carbocycles. The van der Waals surface area contributed by atoms with E-state index in [0.29, 0.717) is 22.4 Å². The van der Waals surface area contributed by atoms with Crippen LogP contribution in [0.25, 0.3) is 10.2 Å². The molecular formula is C22H21N3O5S3. The highest BCUT2D eigenvalue weighted by Crippen LogP contribution is 2.26. The molecule has 1 heterocycles. The van der Waals surface area contributed by atoms with Gasteiger partial charge in [0.15, 0.2) is 0 Å². The fourth-order valence-corrected chi connectivity index (χ4v) is 5.88. The molecule has 0 fully saturated rings. The van der Waals surface area contributed by atoms with E-state index in [1.165, 1.54) is 31.3 Å². The Morgan fingerprint density at radius 2 is 1.67 bits per heavy atom. The molecule has 0 bridgehead atoms.